The topological polar surface area (TPSA) is 48.1 Å². The number of carbonyl (C=O) groups excluding carboxylic acids is 1. The molecule has 70 valence electrons. The molecule has 2 amide bonds. The molecule has 0 radical (unpaired) electrons. The average molecular weight is 179 g/mol. The van der Waals surface area contributed by atoms with Crippen molar-refractivity contribution in [1.29, 1.82) is 0 Å². The Morgan fingerprint density at radius 3 is 3.08 bits per heavy atom. The number of urea groups is 1. The van der Waals surface area contributed by atoms with Crippen LogP contribution in [0.3, 0.4) is 0 Å². The molecule has 2 heterocycles. The molecule has 2 N–H and O–H groups in total. The normalized spacial score (nSPS) is 22.1. The number of carbonyl (C=O) groups is 1. The fourth-order valence-electron chi connectivity index (χ4n) is 1.60. The van der Waals surface area contributed by atoms with Crippen LogP contribution in [-0.2, 0) is 0 Å². The third kappa shape index (κ3) is 1.39. The number of aromatic nitrogens is 1. The van der Waals surface area contributed by atoms with Crippen molar-refractivity contribution in [3.63, 3.8) is 0 Å². The van der Waals surface area contributed by atoms with Crippen LogP contribution >= 0.6 is 0 Å². The smallest absolute Gasteiger partial charge is 0.318 e. The van der Waals surface area contributed by atoms with Crippen LogP contribution < -0.4 is 5.32 Å². The maximum Gasteiger partial charge on any atom is 0.318 e. The molecular weight excluding hydrogens is 166 g/mol. The fraction of sp³-hybridized carbons (Fsp3) is 0.444. The Morgan fingerprint density at radius 1 is 1.69 bits per heavy atom. The summed E-state index contributed by atoms with van der Waals surface area (Å²) in [5.74, 6) is 0. The lowest BCUT2D eigenvalue weighted by Gasteiger charge is -2.10. The number of nitrogens with one attached hydrogen (secondary N) is 2. The van der Waals surface area contributed by atoms with Crippen molar-refractivity contribution in [2.75, 3.05) is 13.1 Å². The Hall–Kier alpha value is -1.45. The lowest BCUT2D eigenvalue weighted by molar-refractivity contribution is 0.219. The van der Waals surface area contributed by atoms with Gasteiger partial charge in [0.1, 0.15) is 0 Å². The molecule has 1 aromatic heterocycles. The summed E-state index contributed by atoms with van der Waals surface area (Å²) < 4.78 is 0. The van der Waals surface area contributed by atoms with Gasteiger partial charge in [0.25, 0.3) is 0 Å². The Balaban J connectivity index is 2.10. The maximum absolute atomic E-state index is 11.3. The van der Waals surface area contributed by atoms with Crippen LogP contribution in [0.25, 0.3) is 0 Å². The van der Waals surface area contributed by atoms with Gasteiger partial charge in [0.05, 0.1) is 6.04 Å². The highest BCUT2D eigenvalue weighted by molar-refractivity contribution is 5.77. The monoisotopic (exact) mass is 179 g/mol. The summed E-state index contributed by atoms with van der Waals surface area (Å²) in [6, 6.07) is 4.09. The van der Waals surface area contributed by atoms with Crippen LogP contribution in [0.2, 0.25) is 0 Å². The average Bonchev–Trinajstić information content (AvgIpc) is 2.71. The molecule has 13 heavy (non-hydrogen) atoms. The number of hydrogen-bond donors (Lipinski definition) is 2. The van der Waals surface area contributed by atoms with E-state index in [-0.39, 0.29) is 12.1 Å². The van der Waals surface area contributed by atoms with Crippen molar-refractivity contribution in [2.45, 2.75) is 13.0 Å². The van der Waals surface area contributed by atoms with Crippen molar-refractivity contribution in [2.24, 2.45) is 0 Å². The van der Waals surface area contributed by atoms with Crippen LogP contribution in [-0.4, -0.2) is 29.0 Å². The van der Waals surface area contributed by atoms with E-state index >= 15 is 0 Å². The number of nitrogens with zero attached hydrogens (tertiary/aromatic N) is 1. The summed E-state index contributed by atoms with van der Waals surface area (Å²) in [6.45, 7) is 3.51. The first-order chi connectivity index (χ1) is 6.31. The van der Waals surface area contributed by atoms with E-state index in [1.165, 1.54) is 0 Å². The van der Waals surface area contributed by atoms with Crippen molar-refractivity contribution in [1.82, 2.24) is 15.2 Å². The molecular formula is C9H13N3O. The number of aromatic amines is 1. The van der Waals surface area contributed by atoms with Gasteiger partial charge in [0, 0.05) is 25.0 Å². The van der Waals surface area contributed by atoms with E-state index in [2.05, 4.69) is 10.3 Å². The Bertz CT molecular complexity index is 294. The van der Waals surface area contributed by atoms with Crippen LogP contribution in [0.4, 0.5) is 4.79 Å². The van der Waals surface area contributed by atoms with Gasteiger partial charge >= 0.3 is 6.03 Å². The predicted molar refractivity (Wildman–Crippen MR) is 49.3 cm³/mol. The minimum absolute atomic E-state index is 0.0297. The lowest BCUT2D eigenvalue weighted by atomic mass is 10.2. The van der Waals surface area contributed by atoms with Crippen LogP contribution in [0.15, 0.2) is 18.3 Å². The first kappa shape index (κ1) is 8.16. The molecule has 0 bridgehead atoms. The molecule has 1 aliphatic heterocycles. The molecule has 0 saturated carbocycles. The third-order valence-corrected chi connectivity index (χ3v) is 2.37. The Morgan fingerprint density at radius 2 is 2.54 bits per heavy atom. The molecule has 4 nitrogen and oxygen atoms in total. The maximum atomic E-state index is 11.3. The molecule has 0 spiro atoms. The molecule has 1 saturated heterocycles. The van der Waals surface area contributed by atoms with Gasteiger partial charge < -0.3 is 15.2 Å². The van der Waals surface area contributed by atoms with Gasteiger partial charge in [-0.25, -0.2) is 4.79 Å². The standard InChI is InChI=1S/C9H13N3O/c1-2-12-6-8(11-9(12)13)7-4-3-5-10-7/h3-5,8,10H,2,6H2,1H3,(H,11,13). The van der Waals surface area contributed by atoms with Crippen LogP contribution in [0.1, 0.15) is 18.7 Å². The molecule has 2 rings (SSSR count). The van der Waals surface area contributed by atoms with Gasteiger partial charge in [-0.3, -0.25) is 0 Å². The fourth-order valence-corrected chi connectivity index (χ4v) is 1.60. The van der Waals surface area contributed by atoms with Gasteiger partial charge in [-0.05, 0) is 19.1 Å². The minimum atomic E-state index is 0.0297. The van der Waals surface area contributed by atoms with Gasteiger partial charge in [0.15, 0.2) is 0 Å². The summed E-state index contributed by atoms with van der Waals surface area (Å²) in [5, 5.41) is 2.91. The summed E-state index contributed by atoms with van der Waals surface area (Å²) in [5.41, 5.74) is 1.07. The molecule has 4 heteroatoms. The Kier molecular flexibility index (Phi) is 1.96. The van der Waals surface area contributed by atoms with Crippen LogP contribution in [0.5, 0.6) is 0 Å². The molecule has 1 aliphatic rings. The summed E-state index contributed by atoms with van der Waals surface area (Å²) >= 11 is 0. The Labute approximate surface area is 76.9 Å². The van der Waals surface area contributed by atoms with E-state index in [9.17, 15) is 4.79 Å². The minimum Gasteiger partial charge on any atom is -0.363 e. The zero-order valence-corrected chi connectivity index (χ0v) is 7.58. The number of rotatable bonds is 2. The van der Waals surface area contributed by atoms with E-state index < -0.39 is 0 Å². The molecule has 1 aromatic rings. The predicted octanol–water partition coefficient (Wildman–Crippen LogP) is 1.10. The van der Waals surface area contributed by atoms with Gasteiger partial charge in [-0.2, -0.15) is 0 Å². The van der Waals surface area contributed by atoms with Crippen molar-refractivity contribution in [3.8, 4) is 0 Å². The van der Waals surface area contributed by atoms with Gasteiger partial charge in [-0.15, -0.1) is 0 Å². The van der Waals surface area contributed by atoms with Crippen molar-refractivity contribution >= 4 is 6.03 Å². The first-order valence-corrected chi connectivity index (χ1v) is 4.50. The van der Waals surface area contributed by atoms with Gasteiger partial charge in [-0.1, -0.05) is 0 Å². The van der Waals surface area contributed by atoms with Crippen molar-refractivity contribution < 1.29 is 4.79 Å². The summed E-state index contributed by atoms with van der Waals surface area (Å²) in [6.07, 6.45) is 1.87. The molecule has 1 atom stereocenters. The first-order valence-electron chi connectivity index (χ1n) is 4.50. The zero-order valence-electron chi connectivity index (χ0n) is 7.58. The lowest BCUT2D eigenvalue weighted by Crippen LogP contribution is -2.27. The van der Waals surface area contributed by atoms with E-state index in [0.717, 1.165) is 18.8 Å². The van der Waals surface area contributed by atoms with Crippen LogP contribution in [0, 0.1) is 0 Å². The number of amides is 2. The summed E-state index contributed by atoms with van der Waals surface area (Å²) in [7, 11) is 0. The quantitative estimate of drug-likeness (QED) is 0.701. The number of hydrogen-bond acceptors (Lipinski definition) is 1. The second-order valence-corrected chi connectivity index (χ2v) is 3.17. The molecule has 0 aliphatic carbocycles. The molecule has 1 fully saturated rings. The van der Waals surface area contributed by atoms with E-state index in [4.69, 9.17) is 0 Å². The zero-order chi connectivity index (χ0) is 9.26. The highest BCUT2D eigenvalue weighted by Crippen LogP contribution is 2.17. The highest BCUT2D eigenvalue weighted by Gasteiger charge is 2.28. The molecule has 1 unspecified atom stereocenters. The van der Waals surface area contributed by atoms with Crippen molar-refractivity contribution in [3.05, 3.63) is 24.0 Å². The molecule has 0 aromatic carbocycles. The second kappa shape index (κ2) is 3.12. The highest BCUT2D eigenvalue weighted by atomic mass is 16.2. The largest absolute Gasteiger partial charge is 0.363 e. The number of likely N-dealkylation sites (N-methyl/N-ethyl adjacent to an activating group) is 1. The second-order valence-electron chi connectivity index (χ2n) is 3.17. The summed E-state index contributed by atoms with van der Waals surface area (Å²) in [4.78, 5) is 16.2. The van der Waals surface area contributed by atoms with Gasteiger partial charge in [0.2, 0.25) is 0 Å². The SMILES string of the molecule is CCN1CC(c2ccc[nH]2)NC1=O. The van der Waals surface area contributed by atoms with E-state index in [0.29, 0.717) is 0 Å². The van der Waals surface area contributed by atoms with E-state index in [1.807, 2.05) is 25.3 Å². The van der Waals surface area contributed by atoms with E-state index in [1.54, 1.807) is 4.90 Å². The third-order valence-electron chi connectivity index (χ3n) is 2.37. The number of H-pyrrole nitrogens is 1.